The molecule has 8 heteroatoms. The molecule has 0 fully saturated rings. The van der Waals surface area contributed by atoms with Gasteiger partial charge in [0.1, 0.15) is 5.52 Å². The van der Waals surface area contributed by atoms with E-state index in [9.17, 15) is 13.2 Å². The number of oxazole rings is 1. The first-order valence-corrected chi connectivity index (χ1v) is 9.23. The minimum absolute atomic E-state index is 0.0719. The normalized spacial score (nSPS) is 11.5. The zero-order valence-electron chi connectivity index (χ0n) is 16.9. The van der Waals surface area contributed by atoms with Crippen LogP contribution in [0.2, 0.25) is 0 Å². The first-order valence-electron chi connectivity index (χ1n) is 9.23. The third-order valence-corrected chi connectivity index (χ3v) is 4.84. The van der Waals surface area contributed by atoms with Crippen LogP contribution < -0.4 is 14.2 Å². The van der Waals surface area contributed by atoms with Crippen LogP contribution in [-0.2, 0) is 6.18 Å². The number of methoxy groups -OCH3 is 3. The summed E-state index contributed by atoms with van der Waals surface area (Å²) in [5, 5.41) is 0. The molecule has 0 unspecified atom stereocenters. The number of halogens is 3. The van der Waals surface area contributed by atoms with Crippen LogP contribution in [0.15, 0.2) is 59.0 Å². The molecular weight excluding hydrogens is 411 g/mol. The molecule has 31 heavy (non-hydrogen) atoms. The molecule has 0 radical (unpaired) electrons. The lowest BCUT2D eigenvalue weighted by molar-refractivity contribution is -0.137. The Morgan fingerprint density at radius 3 is 2.10 bits per heavy atom. The number of aromatic nitrogens is 1. The maximum atomic E-state index is 13.4. The molecule has 0 atom stereocenters. The van der Waals surface area contributed by atoms with E-state index < -0.39 is 11.7 Å². The van der Waals surface area contributed by atoms with E-state index in [0.717, 1.165) is 6.07 Å². The van der Waals surface area contributed by atoms with E-state index in [2.05, 4.69) is 4.98 Å². The number of benzene rings is 3. The van der Waals surface area contributed by atoms with Crippen molar-refractivity contribution in [1.29, 1.82) is 0 Å². The van der Waals surface area contributed by atoms with E-state index >= 15 is 0 Å². The zero-order chi connectivity index (χ0) is 22.2. The first-order chi connectivity index (χ1) is 14.9. The van der Waals surface area contributed by atoms with Crippen LogP contribution in [0.5, 0.6) is 17.2 Å². The summed E-state index contributed by atoms with van der Waals surface area (Å²) in [6, 6.07) is 13.6. The predicted molar refractivity (Wildman–Crippen MR) is 110 cm³/mol. The van der Waals surface area contributed by atoms with Gasteiger partial charge in [-0.15, -0.1) is 0 Å². The van der Waals surface area contributed by atoms with E-state index in [-0.39, 0.29) is 11.5 Å². The van der Waals surface area contributed by atoms with Gasteiger partial charge in [0.05, 0.1) is 26.9 Å². The van der Waals surface area contributed by atoms with E-state index in [1.54, 1.807) is 36.4 Å². The van der Waals surface area contributed by atoms with Gasteiger partial charge in [-0.1, -0.05) is 24.3 Å². The van der Waals surface area contributed by atoms with Crippen molar-refractivity contribution in [1.82, 2.24) is 4.98 Å². The van der Waals surface area contributed by atoms with Crippen LogP contribution >= 0.6 is 0 Å². The summed E-state index contributed by atoms with van der Waals surface area (Å²) in [6.45, 7) is 0. The highest BCUT2D eigenvalue weighted by Gasteiger charge is 2.33. The van der Waals surface area contributed by atoms with Crippen LogP contribution in [0.4, 0.5) is 13.2 Å². The van der Waals surface area contributed by atoms with Gasteiger partial charge in [-0.2, -0.15) is 13.2 Å². The minimum Gasteiger partial charge on any atom is -0.493 e. The molecule has 3 aromatic carbocycles. The van der Waals surface area contributed by atoms with Crippen LogP contribution in [-0.4, -0.2) is 26.3 Å². The van der Waals surface area contributed by atoms with Crippen molar-refractivity contribution < 1.29 is 31.8 Å². The van der Waals surface area contributed by atoms with Gasteiger partial charge in [-0.05, 0) is 41.5 Å². The fourth-order valence-electron chi connectivity index (χ4n) is 3.40. The quantitative estimate of drug-likeness (QED) is 0.378. The lowest BCUT2D eigenvalue weighted by Crippen LogP contribution is -2.06. The third kappa shape index (κ3) is 3.76. The maximum Gasteiger partial charge on any atom is 0.417 e. The topological polar surface area (TPSA) is 53.7 Å². The highest BCUT2D eigenvalue weighted by Crippen LogP contribution is 2.42. The van der Waals surface area contributed by atoms with Gasteiger partial charge in [-0.3, -0.25) is 0 Å². The summed E-state index contributed by atoms with van der Waals surface area (Å²) in [5.41, 5.74) is 1.19. The molecule has 0 N–H and O–H groups in total. The summed E-state index contributed by atoms with van der Waals surface area (Å²) in [5.74, 6) is 1.56. The van der Waals surface area contributed by atoms with Crippen molar-refractivity contribution in [2.45, 2.75) is 6.18 Å². The Morgan fingerprint density at radius 2 is 1.48 bits per heavy atom. The van der Waals surface area contributed by atoms with Gasteiger partial charge in [0.2, 0.25) is 11.6 Å². The average Bonchev–Trinajstić information content (AvgIpc) is 3.20. The second-order valence-electron chi connectivity index (χ2n) is 6.66. The molecule has 1 aromatic heterocycles. The molecular formula is C23H18F3NO4. The molecule has 0 amide bonds. The smallest absolute Gasteiger partial charge is 0.417 e. The molecule has 0 aliphatic rings. The molecule has 4 aromatic rings. The maximum absolute atomic E-state index is 13.4. The second-order valence-corrected chi connectivity index (χ2v) is 6.66. The van der Waals surface area contributed by atoms with Crippen LogP contribution in [0, 0.1) is 0 Å². The zero-order valence-corrected chi connectivity index (χ0v) is 16.9. The largest absolute Gasteiger partial charge is 0.493 e. The Bertz CT molecular complexity index is 1220. The molecule has 0 saturated carbocycles. The molecule has 0 aliphatic carbocycles. The van der Waals surface area contributed by atoms with Crippen molar-refractivity contribution in [3.05, 3.63) is 60.2 Å². The Balaban J connectivity index is 1.82. The van der Waals surface area contributed by atoms with Crippen molar-refractivity contribution in [3.8, 4) is 39.8 Å². The van der Waals surface area contributed by atoms with E-state index in [0.29, 0.717) is 39.5 Å². The van der Waals surface area contributed by atoms with E-state index in [1.165, 1.54) is 33.5 Å². The lowest BCUT2D eigenvalue weighted by atomic mass is 9.99. The number of hydrogen-bond acceptors (Lipinski definition) is 5. The van der Waals surface area contributed by atoms with Gasteiger partial charge in [0, 0.05) is 5.56 Å². The second kappa shape index (κ2) is 7.86. The number of rotatable bonds is 5. The van der Waals surface area contributed by atoms with Crippen LogP contribution in [0.3, 0.4) is 0 Å². The molecule has 5 nitrogen and oxygen atoms in total. The molecule has 1 heterocycles. The third-order valence-electron chi connectivity index (χ3n) is 4.84. The number of ether oxygens (including phenoxy) is 3. The van der Waals surface area contributed by atoms with Gasteiger partial charge in [0.25, 0.3) is 0 Å². The van der Waals surface area contributed by atoms with Crippen molar-refractivity contribution in [2.24, 2.45) is 0 Å². The minimum atomic E-state index is -4.46. The number of nitrogens with zero attached hydrogens (tertiary/aromatic N) is 1. The Hall–Kier alpha value is -3.68. The van der Waals surface area contributed by atoms with Gasteiger partial charge in [-0.25, -0.2) is 4.98 Å². The Morgan fingerprint density at radius 1 is 0.806 bits per heavy atom. The Labute approximate surface area is 176 Å². The summed E-state index contributed by atoms with van der Waals surface area (Å²) < 4.78 is 62.1. The lowest BCUT2D eigenvalue weighted by Gasteiger charge is -2.12. The molecule has 4 rings (SSSR count). The fourth-order valence-corrected chi connectivity index (χ4v) is 3.40. The van der Waals surface area contributed by atoms with Crippen LogP contribution in [0.1, 0.15) is 5.56 Å². The number of alkyl halides is 3. The van der Waals surface area contributed by atoms with Crippen LogP contribution in [0.25, 0.3) is 33.7 Å². The molecule has 160 valence electrons. The van der Waals surface area contributed by atoms with Gasteiger partial charge >= 0.3 is 6.18 Å². The standard InChI is InChI=1S/C23H18F3NO4/c1-28-19-11-14(12-20(29-2)21(19)30-3)22-27-17-9-8-13(10-18(17)31-22)15-6-4-5-7-16(15)23(24,25)26/h4-12H,1-3H3. The van der Waals surface area contributed by atoms with Crippen molar-refractivity contribution in [3.63, 3.8) is 0 Å². The molecule has 0 spiro atoms. The summed E-state index contributed by atoms with van der Waals surface area (Å²) in [4.78, 5) is 4.45. The van der Waals surface area contributed by atoms with E-state index in [1.807, 2.05) is 0 Å². The highest BCUT2D eigenvalue weighted by atomic mass is 19.4. The summed E-state index contributed by atoms with van der Waals surface area (Å²) >= 11 is 0. The SMILES string of the molecule is COc1cc(-c2nc3ccc(-c4ccccc4C(F)(F)F)cc3o2)cc(OC)c1OC. The molecule has 0 bridgehead atoms. The van der Waals surface area contributed by atoms with Crippen molar-refractivity contribution in [2.75, 3.05) is 21.3 Å². The number of hydrogen-bond donors (Lipinski definition) is 0. The Kier molecular flexibility index (Phi) is 5.22. The van der Waals surface area contributed by atoms with E-state index in [4.69, 9.17) is 18.6 Å². The first kappa shape index (κ1) is 20.6. The summed E-state index contributed by atoms with van der Waals surface area (Å²) in [7, 11) is 4.49. The fraction of sp³-hybridized carbons (Fsp3) is 0.174. The summed E-state index contributed by atoms with van der Waals surface area (Å²) in [6.07, 6.45) is -4.46. The van der Waals surface area contributed by atoms with Gasteiger partial charge < -0.3 is 18.6 Å². The molecule has 0 aliphatic heterocycles. The molecule has 0 saturated heterocycles. The van der Waals surface area contributed by atoms with Crippen molar-refractivity contribution >= 4 is 11.1 Å². The predicted octanol–water partition coefficient (Wildman–Crippen LogP) is 6.21. The average molecular weight is 429 g/mol. The highest BCUT2D eigenvalue weighted by molar-refractivity contribution is 5.83. The monoisotopic (exact) mass is 429 g/mol. The van der Waals surface area contributed by atoms with Gasteiger partial charge in [0.15, 0.2) is 17.1 Å². The number of fused-ring (bicyclic) bond motifs is 1.